The Morgan fingerprint density at radius 1 is 0.767 bits per heavy atom. The maximum atomic E-state index is 11.6. The van der Waals surface area contributed by atoms with E-state index in [1.807, 2.05) is 60.7 Å². The van der Waals surface area contributed by atoms with Crippen LogP contribution in [0.1, 0.15) is 23.2 Å². The number of rotatable bonds is 8. The van der Waals surface area contributed by atoms with Crippen molar-refractivity contribution in [1.82, 2.24) is 0 Å². The van der Waals surface area contributed by atoms with Gasteiger partial charge in [0.05, 0.1) is 30.2 Å². The average Bonchev–Trinajstić information content (AvgIpc) is 2.75. The van der Waals surface area contributed by atoms with Crippen LogP contribution in [0.25, 0.3) is 0 Å². The first kappa shape index (κ1) is 24.2. The van der Waals surface area contributed by atoms with Crippen molar-refractivity contribution in [3.8, 4) is 0 Å². The molecule has 152 valence electrons. The number of hydrogen-bond acceptors (Lipinski definition) is 6. The summed E-state index contributed by atoms with van der Waals surface area (Å²) in [5.41, 5.74) is 1.99. The Kier molecular flexibility index (Phi) is 8.68. The van der Waals surface area contributed by atoms with Gasteiger partial charge in [-0.1, -0.05) is 66.7 Å². The Bertz CT molecular complexity index is 984. The van der Waals surface area contributed by atoms with Crippen LogP contribution in [0.15, 0.2) is 89.8 Å². The van der Waals surface area contributed by atoms with Crippen LogP contribution in [0.2, 0.25) is 0 Å². The first-order chi connectivity index (χ1) is 14.0. The minimum atomic E-state index is -4.65. The van der Waals surface area contributed by atoms with Crippen molar-refractivity contribution < 1.29 is 42.0 Å². The Balaban J connectivity index is 0.00000320. The summed E-state index contributed by atoms with van der Waals surface area (Å²) in [5, 5.41) is 20.5. The van der Waals surface area contributed by atoms with Crippen molar-refractivity contribution in [1.29, 1.82) is 0 Å². The molecule has 0 bridgehead atoms. The molecule has 0 spiro atoms. The van der Waals surface area contributed by atoms with Gasteiger partial charge >= 0.3 is 18.9 Å². The molecule has 0 fully saturated rings. The van der Waals surface area contributed by atoms with Gasteiger partial charge in [-0.2, -0.15) is 0 Å². The first-order valence-electron chi connectivity index (χ1n) is 9.11. The number of nitrogens with zero attached hydrogens (tertiary/aromatic N) is 1. The predicted octanol–water partition coefficient (Wildman–Crippen LogP) is -0.132. The molecule has 3 aromatic carbocycles. The Morgan fingerprint density at radius 2 is 1.23 bits per heavy atom. The molecule has 0 radical (unpaired) electrons. The minimum Gasteiger partial charge on any atom is -0.744 e. The van der Waals surface area contributed by atoms with Gasteiger partial charge in [-0.25, -0.2) is 8.42 Å². The Hall–Kier alpha value is -2.11. The summed E-state index contributed by atoms with van der Waals surface area (Å²) >= 11 is 0. The van der Waals surface area contributed by atoms with E-state index < -0.39 is 22.2 Å². The molecule has 0 heterocycles. The topological polar surface area (TPSA) is 101 Å². The summed E-state index contributed by atoms with van der Waals surface area (Å²) in [6.07, 6.45) is 0. The molecule has 2 atom stereocenters. The molecule has 3 aromatic rings. The molecule has 2 N–H and O–H groups in total. The number of aliphatic hydroxyl groups excluding tert-OH is 2. The fraction of sp³-hybridized carbons (Fsp3) is 0.182. The molecule has 0 saturated carbocycles. The molecule has 0 saturated heterocycles. The fourth-order valence-corrected chi connectivity index (χ4v) is 3.95. The van der Waals surface area contributed by atoms with E-state index in [0.29, 0.717) is 5.69 Å². The smallest absolute Gasteiger partial charge is 0.744 e. The third-order valence-electron chi connectivity index (χ3n) is 4.79. The molecule has 0 aliphatic rings. The molecule has 6 nitrogen and oxygen atoms in total. The van der Waals surface area contributed by atoms with Gasteiger partial charge in [0.2, 0.25) is 0 Å². The summed E-state index contributed by atoms with van der Waals surface area (Å²) in [5.74, 6) is 0. The van der Waals surface area contributed by atoms with E-state index in [-0.39, 0.29) is 37.0 Å². The summed E-state index contributed by atoms with van der Waals surface area (Å²) in [6, 6.07) is 23.0. The van der Waals surface area contributed by atoms with E-state index in [4.69, 9.17) is 0 Å². The van der Waals surface area contributed by atoms with Gasteiger partial charge in [-0.05, 0) is 29.3 Å². The molecule has 3 rings (SSSR count). The molecular formula is C22H22LiNO5S. The van der Waals surface area contributed by atoms with E-state index in [1.54, 1.807) is 11.0 Å². The second-order valence-electron chi connectivity index (χ2n) is 6.58. The van der Waals surface area contributed by atoms with E-state index in [0.717, 1.165) is 11.1 Å². The van der Waals surface area contributed by atoms with Crippen molar-refractivity contribution in [2.24, 2.45) is 0 Å². The van der Waals surface area contributed by atoms with Crippen molar-refractivity contribution in [3.05, 3.63) is 96.1 Å². The van der Waals surface area contributed by atoms with Gasteiger partial charge in [-0.3, -0.25) is 0 Å². The zero-order chi connectivity index (χ0) is 20.9. The zero-order valence-corrected chi connectivity index (χ0v) is 17.4. The van der Waals surface area contributed by atoms with Gasteiger partial charge in [-0.15, -0.1) is 0 Å². The summed E-state index contributed by atoms with van der Waals surface area (Å²) in [4.78, 5) is 1.38. The second kappa shape index (κ2) is 10.8. The quantitative estimate of drug-likeness (QED) is 0.390. The van der Waals surface area contributed by atoms with E-state index in [9.17, 15) is 23.2 Å². The molecule has 2 unspecified atom stereocenters. The Labute approximate surface area is 188 Å². The number of anilines is 1. The van der Waals surface area contributed by atoms with Crippen molar-refractivity contribution in [2.45, 2.75) is 17.0 Å². The number of benzene rings is 3. The second-order valence-corrected chi connectivity index (χ2v) is 7.96. The summed E-state index contributed by atoms with van der Waals surface area (Å²) in [7, 11) is -4.65. The van der Waals surface area contributed by atoms with Crippen LogP contribution in [0.3, 0.4) is 0 Å². The standard InChI is InChI=1S/C22H23NO5S.Li/c24-15-21(17-8-3-1-4-9-17)23(22(16-25)18-10-5-2-6-11-18)19-12-7-13-20(14-19)29(26,27)28;/h1-14,21-22,24-25H,15-16H2,(H,26,27,28);/q;+1/p-1. The molecule has 0 aromatic heterocycles. The van der Waals surface area contributed by atoms with Crippen molar-refractivity contribution >= 4 is 15.8 Å². The van der Waals surface area contributed by atoms with Crippen LogP contribution in [0.4, 0.5) is 5.69 Å². The number of hydrogen-bond donors (Lipinski definition) is 2. The predicted molar refractivity (Wildman–Crippen MR) is 109 cm³/mol. The van der Waals surface area contributed by atoms with Crippen molar-refractivity contribution in [3.63, 3.8) is 0 Å². The van der Waals surface area contributed by atoms with Gasteiger partial charge in [0.15, 0.2) is 0 Å². The maximum absolute atomic E-state index is 11.6. The van der Waals surface area contributed by atoms with Crippen LogP contribution in [-0.4, -0.2) is 36.4 Å². The van der Waals surface area contributed by atoms with Crippen LogP contribution in [0.5, 0.6) is 0 Å². The average molecular weight is 419 g/mol. The zero-order valence-electron chi connectivity index (χ0n) is 16.6. The van der Waals surface area contributed by atoms with Gasteiger partial charge in [0, 0.05) is 5.69 Å². The molecule has 0 aliphatic heterocycles. The summed E-state index contributed by atoms with van der Waals surface area (Å²) in [6.45, 7) is -0.552. The van der Waals surface area contributed by atoms with Crippen LogP contribution >= 0.6 is 0 Å². The normalized spacial score (nSPS) is 13.2. The third kappa shape index (κ3) is 5.52. The summed E-state index contributed by atoms with van der Waals surface area (Å²) < 4.78 is 34.7. The Morgan fingerprint density at radius 3 is 1.63 bits per heavy atom. The van der Waals surface area contributed by atoms with E-state index in [2.05, 4.69) is 0 Å². The minimum absolute atomic E-state index is 0. The van der Waals surface area contributed by atoms with Gasteiger partial charge in [0.1, 0.15) is 10.1 Å². The third-order valence-corrected chi connectivity index (χ3v) is 5.62. The van der Waals surface area contributed by atoms with Crippen molar-refractivity contribution in [2.75, 3.05) is 18.1 Å². The SMILES string of the molecule is O=S(=O)([O-])c1cccc(N(C(CO)c2ccccc2)C(CO)c2ccccc2)c1.[Li+]. The molecule has 0 aliphatic carbocycles. The molecule has 8 heteroatoms. The van der Waals surface area contributed by atoms with E-state index in [1.165, 1.54) is 18.2 Å². The maximum Gasteiger partial charge on any atom is 1.00 e. The first-order valence-corrected chi connectivity index (χ1v) is 10.5. The van der Waals surface area contributed by atoms with Gasteiger partial charge < -0.3 is 19.7 Å². The van der Waals surface area contributed by atoms with Crippen LogP contribution in [0, 0.1) is 0 Å². The van der Waals surface area contributed by atoms with Gasteiger partial charge in [0.25, 0.3) is 0 Å². The van der Waals surface area contributed by atoms with Crippen LogP contribution in [-0.2, 0) is 10.1 Å². The number of aliphatic hydroxyl groups is 2. The largest absolute Gasteiger partial charge is 1.00 e. The van der Waals surface area contributed by atoms with Crippen LogP contribution < -0.4 is 23.8 Å². The molecular weight excluding hydrogens is 397 g/mol. The van der Waals surface area contributed by atoms with E-state index >= 15 is 0 Å². The molecule has 0 amide bonds. The fourth-order valence-electron chi connectivity index (χ4n) is 3.44. The monoisotopic (exact) mass is 419 g/mol. The molecule has 30 heavy (non-hydrogen) atoms.